The number of hydrogen-bond acceptors (Lipinski definition) is 5. The number of fused-ring (bicyclic) bond motifs is 1. The van der Waals surface area contributed by atoms with Crippen molar-refractivity contribution in [3.8, 4) is 0 Å². The Morgan fingerprint density at radius 3 is 2.68 bits per heavy atom. The van der Waals surface area contributed by atoms with Gasteiger partial charge in [-0.25, -0.2) is 4.79 Å². The minimum Gasteiger partial charge on any atom is -0.453 e. The van der Waals surface area contributed by atoms with Crippen molar-refractivity contribution in [2.24, 2.45) is 0 Å². The highest BCUT2D eigenvalue weighted by Crippen LogP contribution is 2.23. The average molecular weight is 305 g/mol. The minimum atomic E-state index is -0.351. The maximum Gasteiger partial charge on any atom is 0.409 e. The fraction of sp³-hybridized carbons (Fsp3) is 0.533. The monoisotopic (exact) mass is 305 g/mol. The molecule has 2 amide bonds. The van der Waals surface area contributed by atoms with E-state index in [0.29, 0.717) is 51.4 Å². The fourth-order valence-corrected chi connectivity index (χ4v) is 2.90. The normalized spacial score (nSPS) is 17.9. The molecule has 3 rings (SSSR count). The number of carbonyl (C=O) groups is 2. The number of amides is 2. The van der Waals surface area contributed by atoms with Crippen LogP contribution in [0.5, 0.6) is 0 Å². The van der Waals surface area contributed by atoms with E-state index in [1.54, 1.807) is 22.2 Å². The molecular weight excluding hydrogens is 286 g/mol. The van der Waals surface area contributed by atoms with Gasteiger partial charge in [-0.2, -0.15) is 0 Å². The molecular formula is C15H19N3O4. The van der Waals surface area contributed by atoms with Crippen LogP contribution in [0.25, 0.3) is 0 Å². The highest BCUT2D eigenvalue weighted by Gasteiger charge is 2.27. The average Bonchev–Trinajstić information content (AvgIpc) is 2.60. The molecule has 2 aliphatic rings. The molecule has 0 unspecified atom stereocenters. The number of pyridine rings is 1. The summed E-state index contributed by atoms with van der Waals surface area (Å²) in [6, 6.07) is 0. The van der Waals surface area contributed by atoms with Gasteiger partial charge in [0.2, 0.25) is 0 Å². The van der Waals surface area contributed by atoms with Gasteiger partial charge in [-0.1, -0.05) is 0 Å². The molecule has 7 heteroatoms. The Labute approximate surface area is 128 Å². The molecule has 0 radical (unpaired) electrons. The first-order chi connectivity index (χ1) is 10.7. The highest BCUT2D eigenvalue weighted by molar-refractivity contribution is 5.96. The number of rotatable bonds is 1. The summed E-state index contributed by atoms with van der Waals surface area (Å²) in [5, 5.41) is 0. The van der Waals surface area contributed by atoms with Gasteiger partial charge in [0.05, 0.1) is 32.4 Å². The molecule has 118 valence electrons. The van der Waals surface area contributed by atoms with Crippen LogP contribution >= 0.6 is 0 Å². The third kappa shape index (κ3) is 2.76. The molecule has 0 saturated carbocycles. The van der Waals surface area contributed by atoms with Gasteiger partial charge in [0.1, 0.15) is 0 Å². The number of methoxy groups -OCH3 is 1. The summed E-state index contributed by atoms with van der Waals surface area (Å²) >= 11 is 0. The quantitative estimate of drug-likeness (QED) is 0.763. The Morgan fingerprint density at radius 2 is 1.95 bits per heavy atom. The third-order valence-electron chi connectivity index (χ3n) is 4.10. The van der Waals surface area contributed by atoms with Crippen LogP contribution in [0.3, 0.4) is 0 Å². The van der Waals surface area contributed by atoms with E-state index in [0.717, 1.165) is 11.1 Å². The van der Waals surface area contributed by atoms with Crippen LogP contribution in [0.15, 0.2) is 12.4 Å². The van der Waals surface area contributed by atoms with Crippen molar-refractivity contribution < 1.29 is 19.1 Å². The summed E-state index contributed by atoms with van der Waals surface area (Å²) < 4.78 is 10.0. The predicted octanol–water partition coefficient (Wildman–Crippen LogP) is 0.678. The molecule has 7 nitrogen and oxygen atoms in total. The van der Waals surface area contributed by atoms with E-state index < -0.39 is 0 Å². The van der Waals surface area contributed by atoms with E-state index in [-0.39, 0.29) is 12.0 Å². The van der Waals surface area contributed by atoms with Gasteiger partial charge in [-0.05, 0) is 17.5 Å². The topological polar surface area (TPSA) is 72.0 Å². The summed E-state index contributed by atoms with van der Waals surface area (Å²) in [6.45, 7) is 3.34. The van der Waals surface area contributed by atoms with Crippen molar-refractivity contribution >= 4 is 12.0 Å². The summed E-state index contributed by atoms with van der Waals surface area (Å²) in [4.78, 5) is 31.9. The lowest BCUT2D eigenvalue weighted by molar-refractivity contribution is 0.0301. The molecule has 0 aromatic carbocycles. The third-order valence-corrected chi connectivity index (χ3v) is 4.10. The molecule has 0 bridgehead atoms. The van der Waals surface area contributed by atoms with Gasteiger partial charge in [-0.15, -0.1) is 0 Å². The Hall–Kier alpha value is -2.15. The zero-order valence-corrected chi connectivity index (χ0v) is 12.6. The summed E-state index contributed by atoms with van der Waals surface area (Å²) in [5.74, 6) is -0.000770. The van der Waals surface area contributed by atoms with E-state index in [2.05, 4.69) is 4.98 Å². The summed E-state index contributed by atoms with van der Waals surface area (Å²) in [5.41, 5.74) is 2.55. The van der Waals surface area contributed by atoms with E-state index in [1.807, 2.05) is 0 Å². The molecule has 0 N–H and O–H groups in total. The lowest BCUT2D eigenvalue weighted by atomic mass is 9.96. The van der Waals surface area contributed by atoms with E-state index in [4.69, 9.17) is 9.47 Å². The highest BCUT2D eigenvalue weighted by atomic mass is 16.5. The van der Waals surface area contributed by atoms with Crippen molar-refractivity contribution in [1.82, 2.24) is 14.8 Å². The molecule has 2 aliphatic heterocycles. The van der Waals surface area contributed by atoms with Gasteiger partial charge in [0.15, 0.2) is 0 Å². The van der Waals surface area contributed by atoms with Crippen molar-refractivity contribution in [2.45, 2.75) is 13.0 Å². The lowest BCUT2D eigenvalue weighted by Crippen LogP contribution is -2.42. The summed E-state index contributed by atoms with van der Waals surface area (Å²) in [7, 11) is 1.37. The number of aromatic nitrogens is 1. The van der Waals surface area contributed by atoms with Gasteiger partial charge >= 0.3 is 6.09 Å². The molecule has 1 aromatic heterocycles. The second-order valence-electron chi connectivity index (χ2n) is 5.37. The Morgan fingerprint density at radius 1 is 1.18 bits per heavy atom. The molecule has 1 saturated heterocycles. The van der Waals surface area contributed by atoms with E-state index in [9.17, 15) is 9.59 Å². The molecule has 3 heterocycles. The van der Waals surface area contributed by atoms with Crippen LogP contribution in [0, 0.1) is 0 Å². The largest absolute Gasteiger partial charge is 0.453 e. The smallest absolute Gasteiger partial charge is 0.409 e. The van der Waals surface area contributed by atoms with Crippen LogP contribution in [0.1, 0.15) is 21.5 Å². The zero-order valence-electron chi connectivity index (χ0n) is 12.6. The molecule has 1 fully saturated rings. The molecule has 1 aromatic rings. The van der Waals surface area contributed by atoms with Crippen molar-refractivity contribution in [3.63, 3.8) is 0 Å². The Kier molecular flexibility index (Phi) is 4.24. The first kappa shape index (κ1) is 14.8. The van der Waals surface area contributed by atoms with Crippen LogP contribution < -0.4 is 0 Å². The number of nitrogens with zero attached hydrogens (tertiary/aromatic N) is 3. The van der Waals surface area contributed by atoms with Gasteiger partial charge in [0.25, 0.3) is 5.91 Å². The molecule has 0 aliphatic carbocycles. The SMILES string of the molecule is COC(=O)N1CCc2c(cncc2C(=O)N2CCOCC2)C1. The number of morpholine rings is 1. The molecule has 22 heavy (non-hydrogen) atoms. The Bertz CT molecular complexity index is 584. The zero-order chi connectivity index (χ0) is 15.5. The van der Waals surface area contributed by atoms with Crippen molar-refractivity contribution in [1.29, 1.82) is 0 Å². The van der Waals surface area contributed by atoms with Crippen molar-refractivity contribution in [2.75, 3.05) is 40.0 Å². The Balaban J connectivity index is 1.83. The van der Waals surface area contributed by atoms with Crippen LogP contribution in [-0.4, -0.2) is 66.7 Å². The van der Waals surface area contributed by atoms with Crippen LogP contribution in [0.2, 0.25) is 0 Å². The standard InChI is InChI=1S/C15H19N3O4/c1-21-15(20)18-3-2-12-11(10-18)8-16-9-13(12)14(19)17-4-6-22-7-5-17/h8-9H,2-7,10H2,1H3. The van der Waals surface area contributed by atoms with Crippen LogP contribution in [0.4, 0.5) is 4.79 Å². The van der Waals surface area contributed by atoms with E-state index >= 15 is 0 Å². The van der Waals surface area contributed by atoms with E-state index in [1.165, 1.54) is 7.11 Å². The predicted molar refractivity (Wildman–Crippen MR) is 77.5 cm³/mol. The first-order valence-corrected chi connectivity index (χ1v) is 7.36. The van der Waals surface area contributed by atoms with Gasteiger partial charge in [-0.3, -0.25) is 9.78 Å². The number of carbonyl (C=O) groups excluding carboxylic acids is 2. The second kappa shape index (κ2) is 6.31. The molecule has 0 atom stereocenters. The summed E-state index contributed by atoms with van der Waals surface area (Å²) in [6.07, 6.45) is 3.64. The number of hydrogen-bond donors (Lipinski definition) is 0. The first-order valence-electron chi connectivity index (χ1n) is 7.36. The van der Waals surface area contributed by atoms with Gasteiger partial charge < -0.3 is 19.3 Å². The maximum atomic E-state index is 12.7. The minimum absolute atomic E-state index is 0.000770. The lowest BCUT2D eigenvalue weighted by Gasteiger charge is -2.31. The van der Waals surface area contributed by atoms with Crippen molar-refractivity contribution in [3.05, 3.63) is 29.1 Å². The number of ether oxygens (including phenoxy) is 2. The second-order valence-corrected chi connectivity index (χ2v) is 5.37. The fourth-order valence-electron chi connectivity index (χ4n) is 2.90. The maximum absolute atomic E-state index is 12.7. The van der Waals surface area contributed by atoms with Gasteiger partial charge in [0, 0.05) is 32.0 Å². The van der Waals surface area contributed by atoms with Crippen LogP contribution in [-0.2, 0) is 22.4 Å². The molecule has 0 spiro atoms.